The molecular formula is C25H36N4O8S2. The molecule has 0 bridgehead atoms. The van der Waals surface area contributed by atoms with Crippen LogP contribution >= 0.6 is 11.8 Å². The molecule has 2 unspecified atom stereocenters. The number of sulfone groups is 1. The van der Waals surface area contributed by atoms with Gasteiger partial charge in [0.25, 0.3) is 5.91 Å². The van der Waals surface area contributed by atoms with Crippen molar-refractivity contribution in [2.45, 2.75) is 111 Å². The van der Waals surface area contributed by atoms with Crippen LogP contribution in [0, 0.1) is 0 Å². The van der Waals surface area contributed by atoms with Crippen molar-refractivity contribution in [1.82, 2.24) is 14.7 Å². The lowest BCUT2D eigenvalue weighted by Crippen LogP contribution is -2.65. The van der Waals surface area contributed by atoms with E-state index in [4.69, 9.17) is 9.47 Å². The highest BCUT2D eigenvalue weighted by Crippen LogP contribution is 2.52. The van der Waals surface area contributed by atoms with Gasteiger partial charge >= 0.3 is 11.9 Å². The second kappa shape index (κ2) is 9.64. The van der Waals surface area contributed by atoms with Crippen LogP contribution < -0.4 is 0 Å². The Hall–Kier alpha value is -2.35. The molecule has 0 aromatic carbocycles. The number of carbonyl (C=O) groups is 4. The highest BCUT2D eigenvalue weighted by molar-refractivity contribution is 8.01. The molecule has 0 spiro atoms. The van der Waals surface area contributed by atoms with Gasteiger partial charge in [-0.2, -0.15) is 0 Å². The fraction of sp³-hybridized carbons (Fsp3) is 0.800. The van der Waals surface area contributed by atoms with Crippen molar-refractivity contribution in [2.24, 2.45) is 4.99 Å². The van der Waals surface area contributed by atoms with E-state index in [1.165, 1.54) is 50.3 Å². The normalized spacial score (nSPS) is 35.0. The van der Waals surface area contributed by atoms with Crippen molar-refractivity contribution >= 4 is 51.7 Å². The topological polar surface area (TPSA) is 143 Å². The Bertz CT molecular complexity index is 1210. The van der Waals surface area contributed by atoms with Gasteiger partial charge in [-0.15, -0.1) is 11.8 Å². The average Bonchev–Trinajstić information content (AvgIpc) is 3.01. The number of carbonyl (C=O) groups excluding carboxylic acids is 4. The summed E-state index contributed by atoms with van der Waals surface area (Å²) < 4.78 is 34.1. The summed E-state index contributed by atoms with van der Waals surface area (Å²) in [5, 5.41) is -1.35. The number of β-lactam (4-membered cyclic amide) rings is 2. The van der Waals surface area contributed by atoms with E-state index in [1.807, 2.05) is 13.8 Å². The van der Waals surface area contributed by atoms with Crippen LogP contribution in [0.5, 0.6) is 0 Å². The lowest BCUT2D eigenvalue weighted by molar-refractivity contribution is -0.196. The number of thioether (sulfide) groups is 1. The molecule has 39 heavy (non-hydrogen) atoms. The fourth-order valence-electron chi connectivity index (χ4n) is 6.18. The monoisotopic (exact) mass is 584 g/mol. The fourth-order valence-corrected chi connectivity index (χ4v) is 9.92. The number of nitrogens with zero attached hydrogens (tertiary/aromatic N) is 4. The molecule has 0 saturated carbocycles. The molecule has 0 aromatic rings. The molecule has 5 rings (SSSR count). The van der Waals surface area contributed by atoms with E-state index in [0.29, 0.717) is 0 Å². The van der Waals surface area contributed by atoms with E-state index in [1.54, 1.807) is 6.34 Å². The zero-order valence-corrected chi connectivity index (χ0v) is 24.5. The minimum Gasteiger partial charge on any atom is -0.424 e. The molecule has 12 nitrogen and oxygen atoms in total. The minimum absolute atomic E-state index is 0.164. The minimum atomic E-state index is -3.78. The molecule has 0 N–H and O–H groups in total. The Balaban J connectivity index is 1.22. The number of fused-ring (bicyclic) bond motifs is 2. The van der Waals surface area contributed by atoms with Gasteiger partial charge in [0.1, 0.15) is 22.8 Å². The Labute approximate surface area is 232 Å². The maximum Gasteiger partial charge on any atom is 0.333 e. The number of amides is 2. The quantitative estimate of drug-likeness (QED) is 0.145. The second-order valence-electron chi connectivity index (χ2n) is 11.9. The van der Waals surface area contributed by atoms with E-state index in [9.17, 15) is 27.6 Å². The Morgan fingerprint density at radius 1 is 1.00 bits per heavy atom. The van der Waals surface area contributed by atoms with Gasteiger partial charge in [-0.3, -0.25) is 14.6 Å². The van der Waals surface area contributed by atoms with Crippen LogP contribution in [-0.2, 0) is 38.5 Å². The van der Waals surface area contributed by atoms with Crippen LogP contribution in [0.1, 0.15) is 66.7 Å². The summed E-state index contributed by atoms with van der Waals surface area (Å²) in [6, 6.07) is -2.81. The van der Waals surface area contributed by atoms with Crippen LogP contribution in [0.25, 0.3) is 0 Å². The summed E-state index contributed by atoms with van der Waals surface area (Å²) in [5.41, 5.74) is 0. The highest BCUT2D eigenvalue weighted by atomic mass is 32.2. The largest absolute Gasteiger partial charge is 0.424 e. The van der Waals surface area contributed by atoms with Crippen LogP contribution in [-0.4, -0.2) is 111 Å². The number of esters is 2. The van der Waals surface area contributed by atoms with Crippen molar-refractivity contribution in [2.75, 3.05) is 13.1 Å². The first-order chi connectivity index (χ1) is 18.2. The molecule has 5 heterocycles. The zero-order chi connectivity index (χ0) is 28.5. The van der Waals surface area contributed by atoms with Gasteiger partial charge in [-0.05, 0) is 40.5 Å². The van der Waals surface area contributed by atoms with Crippen molar-refractivity contribution in [3.05, 3.63) is 0 Å². The highest BCUT2D eigenvalue weighted by Gasteiger charge is 2.68. The summed E-state index contributed by atoms with van der Waals surface area (Å²) in [5.74, 6) is -2.38. The predicted octanol–water partition coefficient (Wildman–Crippen LogP) is 0.888. The molecule has 0 aliphatic carbocycles. The third-order valence-corrected chi connectivity index (χ3v) is 12.8. The summed E-state index contributed by atoms with van der Waals surface area (Å²) in [6.45, 7) is 9.65. The van der Waals surface area contributed by atoms with Crippen molar-refractivity contribution < 1.29 is 37.1 Å². The van der Waals surface area contributed by atoms with Crippen LogP contribution in [0.4, 0.5) is 0 Å². The van der Waals surface area contributed by atoms with Crippen molar-refractivity contribution in [3.63, 3.8) is 0 Å². The molecule has 5 aliphatic rings. The molecule has 5 saturated heterocycles. The smallest absolute Gasteiger partial charge is 0.333 e. The number of likely N-dealkylation sites (tertiary alicyclic amines) is 1. The number of rotatable bonds is 6. The first-order valence-electron chi connectivity index (χ1n) is 13.4. The van der Waals surface area contributed by atoms with Gasteiger partial charge in [0.05, 0.1) is 17.5 Å². The van der Waals surface area contributed by atoms with Gasteiger partial charge in [0.2, 0.25) is 12.2 Å². The third kappa shape index (κ3) is 4.41. The Morgan fingerprint density at radius 2 is 1.59 bits per heavy atom. The predicted molar refractivity (Wildman–Crippen MR) is 142 cm³/mol. The van der Waals surface area contributed by atoms with Gasteiger partial charge in [-0.25, -0.2) is 18.0 Å². The lowest BCUT2D eigenvalue weighted by Gasteiger charge is -2.42. The summed E-state index contributed by atoms with van der Waals surface area (Å²) in [7, 11) is -3.78. The Morgan fingerprint density at radius 3 is 2.18 bits per heavy atom. The SMILES string of the molecule is CC(OC(=O)[C@@H]1N2C(=O)C(/N=C/N3CCCCCC3)[C@H]2SC1(C)C)OC(=O)[C@@H]1N2C(=O)C[C@H]2S(=O)(=O)C1(C)C. The number of aliphatic imine (C=N–C) groups is 1. The van der Waals surface area contributed by atoms with Gasteiger partial charge in [0, 0.05) is 24.8 Å². The number of hydrogen-bond donors (Lipinski definition) is 0. The number of ether oxygens (including phenoxy) is 2. The maximum absolute atomic E-state index is 13.2. The number of hydrogen-bond acceptors (Lipinski definition) is 10. The second-order valence-corrected chi connectivity index (χ2v) is 16.3. The van der Waals surface area contributed by atoms with E-state index in [-0.39, 0.29) is 17.7 Å². The molecular weight excluding hydrogens is 548 g/mol. The van der Waals surface area contributed by atoms with E-state index >= 15 is 0 Å². The van der Waals surface area contributed by atoms with Crippen LogP contribution in [0.2, 0.25) is 0 Å². The summed E-state index contributed by atoms with van der Waals surface area (Å²) in [6.07, 6.45) is 4.83. The van der Waals surface area contributed by atoms with Gasteiger partial charge in [0.15, 0.2) is 15.9 Å². The average molecular weight is 585 g/mol. The summed E-state index contributed by atoms with van der Waals surface area (Å²) >= 11 is 1.48. The van der Waals surface area contributed by atoms with Crippen LogP contribution in [0.15, 0.2) is 4.99 Å². The standard InChI is InChI=1S/C25H36N4O8S2/c1-14(37-23(33)19-25(4,5)39(34,35)16-12-15(30)28(16)19)36-22(32)18-24(2,3)38-21-17(20(31)29(18)21)26-13-27-10-8-6-7-9-11-27/h13-14,16-19,21H,6-12H2,1-5H3/b26-13+/t14?,16-,17?,18+,19+,21-/m1/s1. The van der Waals surface area contributed by atoms with E-state index in [2.05, 4.69) is 9.89 Å². The third-order valence-electron chi connectivity index (χ3n) is 8.43. The Kier molecular flexibility index (Phi) is 6.96. The zero-order valence-electron chi connectivity index (χ0n) is 22.9. The van der Waals surface area contributed by atoms with E-state index < -0.39 is 67.0 Å². The molecule has 14 heteroatoms. The van der Waals surface area contributed by atoms with Crippen molar-refractivity contribution in [3.8, 4) is 0 Å². The molecule has 2 amide bonds. The van der Waals surface area contributed by atoms with Gasteiger partial charge in [-0.1, -0.05) is 12.8 Å². The van der Waals surface area contributed by atoms with E-state index in [0.717, 1.165) is 30.8 Å². The summed E-state index contributed by atoms with van der Waals surface area (Å²) in [4.78, 5) is 60.6. The van der Waals surface area contributed by atoms with Gasteiger partial charge < -0.3 is 24.2 Å². The van der Waals surface area contributed by atoms with Crippen LogP contribution in [0.3, 0.4) is 0 Å². The van der Waals surface area contributed by atoms with Crippen molar-refractivity contribution in [1.29, 1.82) is 0 Å². The lowest BCUT2D eigenvalue weighted by atomic mass is 9.96. The molecule has 5 aliphatic heterocycles. The molecule has 0 aromatic heterocycles. The first-order valence-corrected chi connectivity index (χ1v) is 15.8. The maximum atomic E-state index is 13.2. The molecule has 6 atom stereocenters. The molecule has 0 radical (unpaired) electrons. The first kappa shape index (κ1) is 28.2. The molecule has 5 fully saturated rings. The molecule has 216 valence electrons.